The highest BCUT2D eigenvalue weighted by Gasteiger charge is 2.33. The number of imidazole rings is 1. The number of fused-ring (bicyclic) bond motifs is 3. The summed E-state index contributed by atoms with van der Waals surface area (Å²) in [6.07, 6.45) is 4.38. The molecule has 1 aliphatic heterocycles. The van der Waals surface area contributed by atoms with Crippen LogP contribution < -0.4 is 0 Å². The average Bonchev–Trinajstić information content (AvgIpc) is 2.97. The number of aromatic amines is 1. The number of hydrogen-bond acceptors (Lipinski definition) is 2. The Bertz CT molecular complexity index is 832. The molecule has 0 atom stereocenters. The van der Waals surface area contributed by atoms with Crippen molar-refractivity contribution in [1.82, 2.24) is 14.6 Å². The fraction of sp³-hybridized carbons (Fsp3) is 0.400. The van der Waals surface area contributed by atoms with E-state index in [0.717, 1.165) is 28.5 Å². The maximum absolute atomic E-state index is 13.6. The molecule has 1 aromatic carbocycles. The molecule has 0 bridgehead atoms. The van der Waals surface area contributed by atoms with Crippen molar-refractivity contribution in [2.75, 3.05) is 11.5 Å². The highest BCUT2D eigenvalue weighted by atomic mass is 79.9. The van der Waals surface area contributed by atoms with Gasteiger partial charge in [-0.15, -0.1) is 0 Å². The lowest BCUT2D eigenvalue weighted by molar-refractivity contribution is 0.439. The maximum atomic E-state index is 13.6. The van der Waals surface area contributed by atoms with Gasteiger partial charge >= 0.3 is 0 Å². The first-order chi connectivity index (χ1) is 10.1. The van der Waals surface area contributed by atoms with Crippen LogP contribution in [0.5, 0.6) is 0 Å². The van der Waals surface area contributed by atoms with Crippen LogP contribution in [-0.4, -0.2) is 26.1 Å². The van der Waals surface area contributed by atoms with Crippen molar-refractivity contribution < 1.29 is 4.39 Å². The number of aromatic nitrogens is 3. The number of thioether (sulfide) groups is 1. The summed E-state index contributed by atoms with van der Waals surface area (Å²) in [5, 5.41) is 3.29. The van der Waals surface area contributed by atoms with Gasteiger partial charge in [0.2, 0.25) is 0 Å². The van der Waals surface area contributed by atoms with E-state index in [1.165, 1.54) is 29.2 Å². The summed E-state index contributed by atoms with van der Waals surface area (Å²) in [7, 11) is 0. The first-order valence-corrected chi connectivity index (χ1v) is 8.96. The summed E-state index contributed by atoms with van der Waals surface area (Å²) in [4.78, 5) is 4.67. The third kappa shape index (κ3) is 2.03. The van der Waals surface area contributed by atoms with Gasteiger partial charge in [-0.1, -0.05) is 6.92 Å². The van der Waals surface area contributed by atoms with Crippen LogP contribution in [0.4, 0.5) is 4.39 Å². The predicted molar refractivity (Wildman–Crippen MR) is 88.6 cm³/mol. The molecule has 3 heterocycles. The molecule has 4 rings (SSSR count). The average molecular weight is 368 g/mol. The molecule has 110 valence electrons. The van der Waals surface area contributed by atoms with Gasteiger partial charge in [0.05, 0.1) is 5.52 Å². The van der Waals surface area contributed by atoms with Crippen LogP contribution in [0.25, 0.3) is 16.7 Å². The molecule has 0 unspecified atom stereocenters. The first-order valence-electron chi connectivity index (χ1n) is 7.01. The van der Waals surface area contributed by atoms with Gasteiger partial charge < -0.3 is 0 Å². The number of benzene rings is 1. The Balaban J connectivity index is 1.98. The lowest BCUT2D eigenvalue weighted by Gasteiger charge is -2.32. The summed E-state index contributed by atoms with van der Waals surface area (Å²) in [5.74, 6) is 2.11. The number of nitrogens with one attached hydrogen (secondary N) is 1. The SMILES string of the molecule is CC1(c2c[nH]n3c2nc2cc(F)cc(Br)c23)CCSCC1. The fourth-order valence-corrected chi connectivity index (χ4v) is 5.16. The molecule has 0 aliphatic carbocycles. The lowest BCUT2D eigenvalue weighted by atomic mass is 9.79. The minimum atomic E-state index is -0.267. The van der Waals surface area contributed by atoms with Crippen molar-refractivity contribution in [3.8, 4) is 0 Å². The molecule has 3 nitrogen and oxygen atoms in total. The van der Waals surface area contributed by atoms with E-state index in [0.29, 0.717) is 5.52 Å². The van der Waals surface area contributed by atoms with Gasteiger partial charge in [0.1, 0.15) is 11.3 Å². The molecule has 2 aromatic heterocycles. The van der Waals surface area contributed by atoms with E-state index in [-0.39, 0.29) is 11.2 Å². The van der Waals surface area contributed by atoms with Crippen LogP contribution in [0.3, 0.4) is 0 Å². The summed E-state index contributed by atoms with van der Waals surface area (Å²) in [6, 6.07) is 2.97. The number of hydrogen-bond donors (Lipinski definition) is 1. The van der Waals surface area contributed by atoms with Gasteiger partial charge in [-0.3, -0.25) is 5.10 Å². The van der Waals surface area contributed by atoms with Crippen LogP contribution in [0.15, 0.2) is 22.8 Å². The minimum absolute atomic E-state index is 0.152. The van der Waals surface area contributed by atoms with Crippen LogP contribution in [0.1, 0.15) is 25.3 Å². The molecule has 0 radical (unpaired) electrons. The van der Waals surface area contributed by atoms with Crippen molar-refractivity contribution in [2.45, 2.75) is 25.2 Å². The summed E-state index contributed by atoms with van der Waals surface area (Å²) in [5.41, 5.74) is 3.89. The van der Waals surface area contributed by atoms with E-state index < -0.39 is 0 Å². The van der Waals surface area contributed by atoms with E-state index >= 15 is 0 Å². The van der Waals surface area contributed by atoms with Crippen molar-refractivity contribution in [1.29, 1.82) is 0 Å². The second-order valence-electron chi connectivity index (χ2n) is 5.89. The first kappa shape index (κ1) is 13.6. The van der Waals surface area contributed by atoms with E-state index in [4.69, 9.17) is 0 Å². The van der Waals surface area contributed by atoms with Crippen molar-refractivity contribution in [3.63, 3.8) is 0 Å². The van der Waals surface area contributed by atoms with Crippen LogP contribution in [0.2, 0.25) is 0 Å². The second kappa shape index (κ2) is 4.74. The Morgan fingerprint density at radius 3 is 2.90 bits per heavy atom. The normalized spacial score (nSPS) is 18.6. The van der Waals surface area contributed by atoms with Gasteiger partial charge in [0.15, 0.2) is 5.65 Å². The monoisotopic (exact) mass is 367 g/mol. The Morgan fingerprint density at radius 2 is 2.14 bits per heavy atom. The Morgan fingerprint density at radius 1 is 1.38 bits per heavy atom. The lowest BCUT2D eigenvalue weighted by Crippen LogP contribution is -2.27. The van der Waals surface area contributed by atoms with Crippen LogP contribution in [0, 0.1) is 5.82 Å². The van der Waals surface area contributed by atoms with Crippen molar-refractivity contribution in [3.05, 3.63) is 34.2 Å². The van der Waals surface area contributed by atoms with E-state index in [1.54, 1.807) is 0 Å². The summed E-state index contributed by atoms with van der Waals surface area (Å²) < 4.78 is 16.3. The molecule has 1 fully saturated rings. The van der Waals surface area contributed by atoms with Gasteiger partial charge in [0.25, 0.3) is 0 Å². The van der Waals surface area contributed by atoms with Crippen molar-refractivity contribution in [2.24, 2.45) is 0 Å². The Kier molecular flexibility index (Phi) is 3.08. The number of halogens is 2. The van der Waals surface area contributed by atoms with Crippen LogP contribution in [-0.2, 0) is 5.41 Å². The highest BCUT2D eigenvalue weighted by molar-refractivity contribution is 9.10. The zero-order chi connectivity index (χ0) is 14.6. The number of H-pyrrole nitrogens is 1. The quantitative estimate of drug-likeness (QED) is 0.686. The number of rotatable bonds is 1. The highest BCUT2D eigenvalue weighted by Crippen LogP contribution is 2.40. The zero-order valence-electron chi connectivity index (χ0n) is 11.6. The molecule has 1 aliphatic rings. The van der Waals surface area contributed by atoms with Gasteiger partial charge in [0, 0.05) is 22.3 Å². The van der Waals surface area contributed by atoms with E-state index in [2.05, 4.69) is 39.1 Å². The fourth-order valence-electron chi connectivity index (χ4n) is 3.16. The standard InChI is InChI=1S/C15H15BrFN3S/c1-15(2-4-21-5-3-15)10-8-18-20-13-11(16)6-9(17)7-12(13)19-14(10)20/h6-8,18H,2-5H2,1H3. The maximum Gasteiger partial charge on any atom is 0.157 e. The molecule has 0 saturated carbocycles. The molecular formula is C15H15BrFN3S. The van der Waals surface area contributed by atoms with Gasteiger partial charge in [-0.2, -0.15) is 11.8 Å². The molecule has 1 saturated heterocycles. The van der Waals surface area contributed by atoms with Crippen molar-refractivity contribution >= 4 is 44.4 Å². The van der Waals surface area contributed by atoms with Crippen LogP contribution >= 0.6 is 27.7 Å². The molecule has 3 aromatic rings. The van der Waals surface area contributed by atoms with E-state index in [9.17, 15) is 4.39 Å². The smallest absolute Gasteiger partial charge is 0.157 e. The predicted octanol–water partition coefficient (Wildman–Crippen LogP) is 4.50. The zero-order valence-corrected chi connectivity index (χ0v) is 14.0. The van der Waals surface area contributed by atoms with E-state index in [1.807, 2.05) is 16.3 Å². The largest absolute Gasteiger partial charge is 0.299 e. The Hall–Kier alpha value is -1.01. The topological polar surface area (TPSA) is 33.1 Å². The molecule has 21 heavy (non-hydrogen) atoms. The Labute approximate surface area is 134 Å². The molecule has 0 spiro atoms. The molecule has 6 heteroatoms. The third-order valence-electron chi connectivity index (χ3n) is 4.50. The molecular weight excluding hydrogens is 353 g/mol. The number of nitrogens with zero attached hydrogens (tertiary/aromatic N) is 2. The second-order valence-corrected chi connectivity index (χ2v) is 7.97. The van der Waals surface area contributed by atoms with Gasteiger partial charge in [-0.05, 0) is 51.8 Å². The summed E-state index contributed by atoms with van der Waals surface area (Å²) >= 11 is 5.46. The minimum Gasteiger partial charge on any atom is -0.299 e. The summed E-state index contributed by atoms with van der Waals surface area (Å²) in [6.45, 7) is 2.31. The molecule has 0 amide bonds. The van der Waals surface area contributed by atoms with Gasteiger partial charge in [-0.25, -0.2) is 13.9 Å². The third-order valence-corrected chi connectivity index (χ3v) is 6.09. The molecule has 1 N–H and O–H groups in total.